The minimum Gasteiger partial charge on any atom is -0.480 e. The standard InChI is InChI=1S/C23H24ClFN4O4/c24-14-1-2-18-16(5-14)17(30)6-19(33-18)20(31)27-22-10-23(11-22,12-22)29-8-13(7-26-29)21(32)28-4-3-15(25)9-28/h1-2,5,7-8,15,17,19,30H,3-4,6,9-12H2,(H,27,31)/t15-,17+,19+,22?,23?/m0/s1. The molecule has 3 aliphatic carbocycles. The molecule has 0 radical (unpaired) electrons. The number of nitrogens with zero attached hydrogens (tertiary/aromatic N) is 3. The Kier molecular flexibility index (Phi) is 4.55. The molecule has 3 saturated carbocycles. The summed E-state index contributed by atoms with van der Waals surface area (Å²) in [4.78, 5) is 27.0. The van der Waals surface area contributed by atoms with Gasteiger partial charge in [0.15, 0.2) is 6.10 Å². The van der Waals surface area contributed by atoms with Gasteiger partial charge in [-0.2, -0.15) is 5.10 Å². The first kappa shape index (κ1) is 20.9. The smallest absolute Gasteiger partial charge is 0.261 e. The first-order valence-electron chi connectivity index (χ1n) is 11.2. The average molecular weight is 475 g/mol. The highest BCUT2D eigenvalue weighted by molar-refractivity contribution is 6.30. The number of carbonyl (C=O) groups excluding carboxylic acids is 2. The fourth-order valence-electron chi connectivity index (χ4n) is 5.81. The third kappa shape index (κ3) is 3.32. The first-order valence-corrected chi connectivity index (χ1v) is 11.6. The van der Waals surface area contributed by atoms with Crippen molar-refractivity contribution in [2.24, 2.45) is 0 Å². The van der Waals surface area contributed by atoms with Gasteiger partial charge in [-0.25, -0.2) is 4.39 Å². The number of amides is 2. The van der Waals surface area contributed by atoms with E-state index in [0.29, 0.717) is 34.9 Å². The highest BCUT2D eigenvalue weighted by Crippen LogP contribution is 2.65. The van der Waals surface area contributed by atoms with Crippen LogP contribution in [0.15, 0.2) is 30.6 Å². The molecular formula is C23H24ClFN4O4. The molecule has 33 heavy (non-hydrogen) atoms. The Hall–Kier alpha value is -2.65. The summed E-state index contributed by atoms with van der Waals surface area (Å²) in [6.45, 7) is 0.570. The third-order valence-electron chi connectivity index (χ3n) is 7.45. The molecule has 2 aliphatic heterocycles. The molecule has 0 spiro atoms. The van der Waals surface area contributed by atoms with Crippen molar-refractivity contribution in [3.05, 3.63) is 46.7 Å². The summed E-state index contributed by atoms with van der Waals surface area (Å²) >= 11 is 5.99. The van der Waals surface area contributed by atoms with Crippen LogP contribution in [-0.4, -0.2) is 62.5 Å². The molecule has 2 bridgehead atoms. The van der Waals surface area contributed by atoms with Crippen LogP contribution in [0.3, 0.4) is 0 Å². The van der Waals surface area contributed by atoms with Gasteiger partial charge in [-0.05, 0) is 43.9 Å². The maximum atomic E-state index is 13.4. The Balaban J connectivity index is 1.07. The third-order valence-corrected chi connectivity index (χ3v) is 7.69. The fourth-order valence-corrected chi connectivity index (χ4v) is 5.99. The van der Waals surface area contributed by atoms with Gasteiger partial charge in [0.25, 0.3) is 11.8 Å². The van der Waals surface area contributed by atoms with E-state index in [1.165, 1.54) is 4.90 Å². The second-order valence-electron chi connectivity index (χ2n) is 9.88. The molecule has 3 atom stereocenters. The molecule has 2 N–H and O–H groups in total. The zero-order valence-corrected chi connectivity index (χ0v) is 18.6. The van der Waals surface area contributed by atoms with Crippen molar-refractivity contribution in [1.82, 2.24) is 20.0 Å². The van der Waals surface area contributed by atoms with Crippen molar-refractivity contribution in [3.63, 3.8) is 0 Å². The summed E-state index contributed by atoms with van der Waals surface area (Å²) in [6.07, 6.45) is 3.45. The lowest BCUT2D eigenvalue weighted by atomic mass is 9.44. The summed E-state index contributed by atoms with van der Waals surface area (Å²) in [5, 5.41) is 18.4. The van der Waals surface area contributed by atoms with E-state index >= 15 is 0 Å². The van der Waals surface area contributed by atoms with E-state index in [-0.39, 0.29) is 35.9 Å². The van der Waals surface area contributed by atoms with Gasteiger partial charge < -0.3 is 20.1 Å². The van der Waals surface area contributed by atoms with Gasteiger partial charge in [-0.15, -0.1) is 0 Å². The number of alkyl halides is 1. The largest absolute Gasteiger partial charge is 0.480 e. The van der Waals surface area contributed by atoms with Crippen LogP contribution in [0.5, 0.6) is 5.75 Å². The van der Waals surface area contributed by atoms with E-state index in [4.69, 9.17) is 16.3 Å². The first-order chi connectivity index (χ1) is 15.8. The van der Waals surface area contributed by atoms with Crippen LogP contribution >= 0.6 is 11.6 Å². The number of rotatable bonds is 4. The van der Waals surface area contributed by atoms with Crippen LogP contribution in [0, 0.1) is 0 Å². The maximum absolute atomic E-state index is 13.4. The van der Waals surface area contributed by atoms with Crippen molar-refractivity contribution in [1.29, 1.82) is 0 Å². The van der Waals surface area contributed by atoms with E-state index in [0.717, 1.165) is 19.3 Å². The number of fused-ring (bicyclic) bond motifs is 1. The topological polar surface area (TPSA) is 96.7 Å². The maximum Gasteiger partial charge on any atom is 0.261 e. The van der Waals surface area contributed by atoms with Gasteiger partial charge in [0.1, 0.15) is 11.9 Å². The molecule has 3 heterocycles. The number of aliphatic hydroxyl groups is 1. The van der Waals surface area contributed by atoms with Gasteiger partial charge in [0, 0.05) is 35.3 Å². The number of halogens is 2. The molecule has 174 valence electrons. The minimum atomic E-state index is -0.953. The normalized spacial score (nSPS) is 34.0. The molecule has 4 fully saturated rings. The number of benzene rings is 1. The summed E-state index contributed by atoms with van der Waals surface area (Å²) in [5.41, 5.74) is 0.555. The van der Waals surface area contributed by atoms with Gasteiger partial charge in [-0.3, -0.25) is 14.3 Å². The summed E-state index contributed by atoms with van der Waals surface area (Å²) in [7, 11) is 0. The number of aromatic nitrogens is 2. The predicted octanol–water partition coefficient (Wildman–Crippen LogP) is 2.35. The monoisotopic (exact) mass is 474 g/mol. The lowest BCUT2D eigenvalue weighted by Crippen LogP contribution is -2.79. The van der Waals surface area contributed by atoms with Crippen LogP contribution < -0.4 is 10.1 Å². The van der Waals surface area contributed by atoms with Crippen molar-refractivity contribution in [2.45, 2.75) is 61.6 Å². The molecule has 5 aliphatic rings. The zero-order valence-electron chi connectivity index (χ0n) is 17.8. The van der Waals surface area contributed by atoms with Gasteiger partial charge in [-0.1, -0.05) is 11.6 Å². The van der Waals surface area contributed by atoms with Crippen molar-refractivity contribution < 1.29 is 23.8 Å². The van der Waals surface area contributed by atoms with Crippen LogP contribution in [0.4, 0.5) is 4.39 Å². The average Bonchev–Trinajstić information content (AvgIpc) is 3.39. The quantitative estimate of drug-likeness (QED) is 0.709. The van der Waals surface area contributed by atoms with Crippen LogP contribution in [0.1, 0.15) is 54.1 Å². The molecule has 2 aromatic rings. The number of likely N-dealkylation sites (tertiary alicyclic amines) is 1. The fraction of sp³-hybridized carbons (Fsp3) is 0.522. The Labute approximate surface area is 194 Å². The zero-order chi connectivity index (χ0) is 23.0. The van der Waals surface area contributed by atoms with Crippen LogP contribution in [0.2, 0.25) is 5.02 Å². The van der Waals surface area contributed by atoms with E-state index in [2.05, 4.69) is 10.4 Å². The lowest BCUT2D eigenvalue weighted by molar-refractivity contribution is -0.165. The van der Waals surface area contributed by atoms with Gasteiger partial charge >= 0.3 is 0 Å². The summed E-state index contributed by atoms with van der Waals surface area (Å²) in [5.74, 6) is 0.0397. The molecule has 0 unspecified atom stereocenters. The van der Waals surface area contributed by atoms with E-state index in [1.54, 1.807) is 30.6 Å². The van der Waals surface area contributed by atoms with Crippen LogP contribution in [0.25, 0.3) is 0 Å². The SMILES string of the molecule is O=C(NC12CC(n3cc(C(=O)N4CC[C@H](F)C4)cn3)(C1)C2)[C@H]1C[C@@H](O)c2cc(Cl)ccc2O1. The van der Waals surface area contributed by atoms with Crippen molar-refractivity contribution in [3.8, 4) is 5.75 Å². The number of hydrogen-bond donors (Lipinski definition) is 2. The molecule has 10 heteroatoms. The number of nitrogens with one attached hydrogen (secondary N) is 1. The Bertz CT molecular complexity index is 1130. The van der Waals surface area contributed by atoms with E-state index in [1.807, 2.05) is 4.68 Å². The second-order valence-corrected chi connectivity index (χ2v) is 10.3. The van der Waals surface area contributed by atoms with E-state index < -0.39 is 18.4 Å². The van der Waals surface area contributed by atoms with Crippen LogP contribution in [-0.2, 0) is 10.3 Å². The number of aliphatic hydroxyl groups excluding tert-OH is 1. The minimum absolute atomic E-state index is 0.139. The number of carbonyl (C=O) groups is 2. The highest BCUT2D eigenvalue weighted by atomic mass is 35.5. The molecule has 1 aromatic heterocycles. The van der Waals surface area contributed by atoms with Gasteiger partial charge in [0.05, 0.1) is 29.9 Å². The number of ether oxygens (including phenoxy) is 1. The Morgan fingerprint density at radius 1 is 1.30 bits per heavy atom. The molecular weight excluding hydrogens is 451 g/mol. The Morgan fingerprint density at radius 2 is 2.09 bits per heavy atom. The van der Waals surface area contributed by atoms with E-state index in [9.17, 15) is 19.1 Å². The summed E-state index contributed by atoms with van der Waals surface area (Å²) < 4.78 is 21.1. The number of hydrogen-bond acceptors (Lipinski definition) is 5. The molecule has 1 aromatic carbocycles. The van der Waals surface area contributed by atoms with Crippen molar-refractivity contribution >= 4 is 23.4 Å². The molecule has 2 amide bonds. The van der Waals surface area contributed by atoms with Gasteiger partial charge in [0.2, 0.25) is 0 Å². The molecule has 7 rings (SSSR count). The van der Waals surface area contributed by atoms with Crippen molar-refractivity contribution in [2.75, 3.05) is 13.1 Å². The Morgan fingerprint density at radius 3 is 2.82 bits per heavy atom. The molecule has 8 nitrogen and oxygen atoms in total. The second kappa shape index (κ2) is 7.17. The lowest BCUT2D eigenvalue weighted by Gasteiger charge is -2.70. The summed E-state index contributed by atoms with van der Waals surface area (Å²) in [6, 6.07) is 4.99. The molecule has 1 saturated heterocycles. The highest BCUT2D eigenvalue weighted by Gasteiger charge is 2.70. The predicted molar refractivity (Wildman–Crippen MR) is 116 cm³/mol.